The van der Waals surface area contributed by atoms with Crippen LogP contribution in [0.5, 0.6) is 23.0 Å². The van der Waals surface area contributed by atoms with Gasteiger partial charge in [-0.1, -0.05) is 0 Å². The molecule has 0 saturated carbocycles. The van der Waals surface area contributed by atoms with E-state index in [1.54, 1.807) is 51.5 Å². The fraction of sp³-hybridized carbons (Fsp3) is 0.211. The molecule has 146 valence electrons. The molecule has 8 nitrogen and oxygen atoms in total. The smallest absolute Gasteiger partial charge is 0.216 e. The third kappa shape index (κ3) is 3.84. The molecule has 0 unspecified atom stereocenters. The minimum Gasteiger partial charge on any atom is -0.497 e. The average Bonchev–Trinajstić information content (AvgIpc) is 3.11. The van der Waals surface area contributed by atoms with Gasteiger partial charge in [0.05, 0.1) is 34.7 Å². The lowest BCUT2D eigenvalue weighted by Gasteiger charge is -2.12. The summed E-state index contributed by atoms with van der Waals surface area (Å²) in [6.07, 6.45) is 1.64. The molecule has 0 amide bonds. The van der Waals surface area contributed by atoms with Gasteiger partial charge in [0, 0.05) is 11.1 Å². The molecule has 0 fully saturated rings. The van der Waals surface area contributed by atoms with Crippen molar-refractivity contribution in [3.8, 4) is 34.4 Å². The number of H-pyrrole nitrogens is 1. The predicted molar refractivity (Wildman–Crippen MR) is 108 cm³/mol. The summed E-state index contributed by atoms with van der Waals surface area (Å²) < 4.78 is 23.2. The minimum absolute atomic E-state index is 0.370. The molecule has 0 aliphatic carbocycles. The molecule has 1 heterocycles. The molecule has 0 aliphatic heterocycles. The second kappa shape index (κ2) is 8.57. The Balaban J connectivity index is 1.99. The van der Waals surface area contributed by atoms with Crippen molar-refractivity contribution < 1.29 is 18.9 Å². The SMILES string of the molecule is COc1ccc(-c2n[nH]c(=S)n2N=Cc2cc(OC)c(OC)c(OC)c2)cc1. The summed E-state index contributed by atoms with van der Waals surface area (Å²) in [4.78, 5) is 0. The molecule has 0 spiro atoms. The highest BCUT2D eigenvalue weighted by molar-refractivity contribution is 7.71. The summed E-state index contributed by atoms with van der Waals surface area (Å²) in [6, 6.07) is 11.0. The molecule has 2 aromatic carbocycles. The number of aromatic nitrogens is 3. The van der Waals surface area contributed by atoms with Gasteiger partial charge in [0.1, 0.15) is 5.75 Å². The molecule has 3 aromatic rings. The molecule has 28 heavy (non-hydrogen) atoms. The molecule has 3 rings (SSSR count). The van der Waals surface area contributed by atoms with E-state index in [1.165, 1.54) is 0 Å². The van der Waals surface area contributed by atoms with Crippen LogP contribution in [-0.4, -0.2) is 49.5 Å². The molecule has 0 saturated heterocycles. The van der Waals surface area contributed by atoms with E-state index in [-0.39, 0.29) is 0 Å². The maximum Gasteiger partial charge on any atom is 0.216 e. The first-order valence-corrected chi connectivity index (χ1v) is 8.68. The number of hydrogen-bond donors (Lipinski definition) is 1. The Labute approximate surface area is 167 Å². The van der Waals surface area contributed by atoms with E-state index in [2.05, 4.69) is 15.3 Å². The topological polar surface area (TPSA) is 82.9 Å². The van der Waals surface area contributed by atoms with Gasteiger partial charge in [-0.15, -0.1) is 0 Å². The molecule has 9 heteroatoms. The van der Waals surface area contributed by atoms with E-state index in [4.69, 9.17) is 31.2 Å². The number of methoxy groups -OCH3 is 4. The van der Waals surface area contributed by atoms with E-state index >= 15 is 0 Å². The number of rotatable bonds is 7. The summed E-state index contributed by atoms with van der Waals surface area (Å²) in [5.74, 6) is 2.92. The molecule has 0 aliphatic rings. The predicted octanol–water partition coefficient (Wildman–Crippen LogP) is 3.52. The number of ether oxygens (including phenoxy) is 4. The number of hydrogen-bond acceptors (Lipinski definition) is 7. The highest BCUT2D eigenvalue weighted by Gasteiger charge is 2.13. The fourth-order valence-electron chi connectivity index (χ4n) is 2.63. The van der Waals surface area contributed by atoms with Gasteiger partial charge in [0.15, 0.2) is 17.3 Å². The van der Waals surface area contributed by atoms with Gasteiger partial charge in [-0.2, -0.15) is 14.9 Å². The van der Waals surface area contributed by atoms with Crippen LogP contribution in [0.2, 0.25) is 0 Å². The zero-order valence-corrected chi connectivity index (χ0v) is 16.7. The van der Waals surface area contributed by atoms with Gasteiger partial charge in [-0.3, -0.25) is 0 Å². The average molecular weight is 400 g/mol. The fourth-order valence-corrected chi connectivity index (χ4v) is 2.81. The number of aromatic amines is 1. The second-order valence-electron chi connectivity index (χ2n) is 5.60. The highest BCUT2D eigenvalue weighted by atomic mass is 32.1. The first-order chi connectivity index (χ1) is 13.6. The van der Waals surface area contributed by atoms with Crippen molar-refractivity contribution in [2.24, 2.45) is 5.10 Å². The van der Waals surface area contributed by atoms with Crippen molar-refractivity contribution in [1.82, 2.24) is 14.9 Å². The van der Waals surface area contributed by atoms with E-state index in [9.17, 15) is 0 Å². The first kappa shape index (κ1) is 19.4. The standard InChI is InChI=1S/C19H20N4O4S/c1-24-14-7-5-13(6-8-14)18-21-22-19(28)23(18)20-11-12-9-15(25-2)17(27-4)16(10-12)26-3/h5-11H,1-4H3,(H,22,28). The second-order valence-corrected chi connectivity index (χ2v) is 5.98. The third-order valence-corrected chi connectivity index (χ3v) is 4.27. The normalized spacial score (nSPS) is 10.9. The zero-order valence-electron chi connectivity index (χ0n) is 15.9. The summed E-state index contributed by atoms with van der Waals surface area (Å²) in [7, 11) is 6.30. The van der Waals surface area contributed by atoms with Crippen molar-refractivity contribution in [1.29, 1.82) is 0 Å². The van der Waals surface area contributed by atoms with Crippen LogP contribution in [0.1, 0.15) is 5.56 Å². The lowest BCUT2D eigenvalue weighted by molar-refractivity contribution is 0.324. The summed E-state index contributed by atoms with van der Waals surface area (Å²) in [6.45, 7) is 0. The Hall–Kier alpha value is -3.33. The van der Waals surface area contributed by atoms with Gasteiger partial charge in [-0.05, 0) is 48.6 Å². The molecule has 1 N–H and O–H groups in total. The van der Waals surface area contributed by atoms with Crippen LogP contribution in [0.3, 0.4) is 0 Å². The van der Waals surface area contributed by atoms with Crippen molar-refractivity contribution in [3.05, 3.63) is 46.7 Å². The van der Waals surface area contributed by atoms with Crippen molar-refractivity contribution in [2.75, 3.05) is 28.4 Å². The van der Waals surface area contributed by atoms with Gasteiger partial charge >= 0.3 is 0 Å². The van der Waals surface area contributed by atoms with Gasteiger partial charge in [-0.25, -0.2) is 5.10 Å². The number of nitrogens with one attached hydrogen (secondary N) is 1. The van der Waals surface area contributed by atoms with E-state index in [0.717, 1.165) is 16.9 Å². The molecular formula is C19H20N4O4S. The molecule has 0 atom stereocenters. The van der Waals surface area contributed by atoms with Crippen molar-refractivity contribution >= 4 is 18.4 Å². The molecule has 0 bridgehead atoms. The highest BCUT2D eigenvalue weighted by Crippen LogP contribution is 2.37. The largest absolute Gasteiger partial charge is 0.497 e. The Morgan fingerprint density at radius 1 is 0.964 bits per heavy atom. The molecule has 1 aromatic heterocycles. The maximum absolute atomic E-state index is 5.37. The van der Waals surface area contributed by atoms with E-state index < -0.39 is 0 Å². The number of nitrogens with zero attached hydrogens (tertiary/aromatic N) is 3. The Kier molecular flexibility index (Phi) is 5.95. The van der Waals surface area contributed by atoms with Gasteiger partial charge < -0.3 is 18.9 Å². The Morgan fingerprint density at radius 2 is 1.61 bits per heavy atom. The molecule has 0 radical (unpaired) electrons. The van der Waals surface area contributed by atoms with Crippen LogP contribution >= 0.6 is 12.2 Å². The minimum atomic E-state index is 0.370. The van der Waals surface area contributed by atoms with Crippen LogP contribution in [-0.2, 0) is 0 Å². The summed E-state index contributed by atoms with van der Waals surface area (Å²) in [5.41, 5.74) is 1.59. The van der Waals surface area contributed by atoms with Gasteiger partial charge in [0.25, 0.3) is 0 Å². The lowest BCUT2D eigenvalue weighted by atomic mass is 10.2. The van der Waals surface area contributed by atoms with Crippen LogP contribution in [0.4, 0.5) is 0 Å². The Bertz CT molecular complexity index is 1020. The number of benzene rings is 2. The third-order valence-electron chi connectivity index (χ3n) is 4.01. The Morgan fingerprint density at radius 3 is 2.14 bits per heavy atom. The first-order valence-electron chi connectivity index (χ1n) is 8.27. The van der Waals surface area contributed by atoms with E-state index in [1.807, 2.05) is 24.3 Å². The summed E-state index contributed by atoms with van der Waals surface area (Å²) in [5, 5.41) is 11.5. The lowest BCUT2D eigenvalue weighted by Crippen LogP contribution is -1.98. The van der Waals surface area contributed by atoms with Crippen molar-refractivity contribution in [2.45, 2.75) is 0 Å². The quantitative estimate of drug-likeness (QED) is 0.483. The van der Waals surface area contributed by atoms with Crippen LogP contribution in [0.15, 0.2) is 41.5 Å². The van der Waals surface area contributed by atoms with Crippen molar-refractivity contribution in [3.63, 3.8) is 0 Å². The van der Waals surface area contributed by atoms with Gasteiger partial charge in [0.2, 0.25) is 10.5 Å². The monoisotopic (exact) mass is 400 g/mol. The molecular weight excluding hydrogens is 380 g/mol. The van der Waals surface area contributed by atoms with Crippen LogP contribution < -0.4 is 18.9 Å². The van der Waals surface area contributed by atoms with E-state index in [0.29, 0.717) is 27.8 Å². The maximum atomic E-state index is 5.37. The zero-order chi connectivity index (χ0) is 20.1. The summed E-state index contributed by atoms with van der Waals surface area (Å²) >= 11 is 5.31. The van der Waals surface area contributed by atoms with Crippen LogP contribution in [0, 0.1) is 4.77 Å². The van der Waals surface area contributed by atoms with Crippen LogP contribution in [0.25, 0.3) is 11.4 Å².